The zero-order valence-corrected chi connectivity index (χ0v) is 15.8. The van der Waals surface area contributed by atoms with E-state index in [9.17, 15) is 22.8 Å². The third-order valence-electron chi connectivity index (χ3n) is 5.09. The van der Waals surface area contributed by atoms with Gasteiger partial charge in [0.1, 0.15) is 5.69 Å². The van der Waals surface area contributed by atoms with E-state index < -0.39 is 17.7 Å². The zero-order chi connectivity index (χ0) is 20.5. The Morgan fingerprint density at radius 2 is 1.89 bits per heavy atom. The van der Waals surface area contributed by atoms with Gasteiger partial charge in [0.25, 0.3) is 5.91 Å². The molecule has 1 aromatic heterocycles. The van der Waals surface area contributed by atoms with E-state index in [0.29, 0.717) is 25.1 Å². The van der Waals surface area contributed by atoms with Crippen molar-refractivity contribution < 1.29 is 22.8 Å². The van der Waals surface area contributed by atoms with E-state index in [1.807, 2.05) is 6.92 Å². The van der Waals surface area contributed by atoms with Gasteiger partial charge in [-0.3, -0.25) is 14.3 Å². The highest BCUT2D eigenvalue weighted by molar-refractivity contribution is 5.99. The average molecular weight is 393 g/mol. The number of benzene rings is 1. The molecule has 0 N–H and O–H groups in total. The second-order valence-electron chi connectivity index (χ2n) is 7.03. The predicted octanol–water partition coefficient (Wildman–Crippen LogP) is 3.74. The average Bonchev–Trinajstić information content (AvgIpc) is 3.07. The molecular weight excluding hydrogens is 371 g/mol. The van der Waals surface area contributed by atoms with Crippen LogP contribution in [0.3, 0.4) is 0 Å². The lowest BCUT2D eigenvalue weighted by atomic mass is 9.89. The van der Waals surface area contributed by atoms with Crippen LogP contribution in [0.15, 0.2) is 30.3 Å². The van der Waals surface area contributed by atoms with Crippen LogP contribution in [0.5, 0.6) is 0 Å². The number of hydrogen-bond acceptors (Lipinski definition) is 3. The number of halogens is 3. The van der Waals surface area contributed by atoms with Gasteiger partial charge in [-0.1, -0.05) is 19.1 Å². The van der Waals surface area contributed by atoms with E-state index >= 15 is 0 Å². The highest BCUT2D eigenvalue weighted by Crippen LogP contribution is 2.30. The number of nitrogens with zero attached hydrogens (tertiary/aromatic N) is 3. The first-order valence-corrected chi connectivity index (χ1v) is 9.24. The van der Waals surface area contributed by atoms with Crippen molar-refractivity contribution in [1.82, 2.24) is 14.7 Å². The minimum atomic E-state index is -4.43. The van der Waals surface area contributed by atoms with E-state index in [-0.39, 0.29) is 23.8 Å². The molecule has 0 bridgehead atoms. The third-order valence-corrected chi connectivity index (χ3v) is 5.09. The molecule has 1 fully saturated rings. The van der Waals surface area contributed by atoms with E-state index in [1.54, 1.807) is 22.7 Å². The van der Waals surface area contributed by atoms with Crippen molar-refractivity contribution in [3.05, 3.63) is 52.8 Å². The summed E-state index contributed by atoms with van der Waals surface area (Å²) >= 11 is 0. The molecule has 1 aliphatic rings. The number of Topliss-reactive ketones (excluding diaryl/α,β-unsaturated/α-hetero) is 1. The van der Waals surface area contributed by atoms with Crippen LogP contribution in [-0.4, -0.2) is 39.5 Å². The molecule has 1 aromatic carbocycles. The summed E-state index contributed by atoms with van der Waals surface area (Å²) in [7, 11) is 1.71. The summed E-state index contributed by atoms with van der Waals surface area (Å²) < 4.78 is 39.6. The number of carbonyl (C=O) groups is 2. The summed E-state index contributed by atoms with van der Waals surface area (Å²) in [6.07, 6.45) is -2.44. The molecule has 1 amide bonds. The monoisotopic (exact) mass is 393 g/mol. The molecule has 8 heteroatoms. The Bertz CT molecular complexity index is 872. The number of piperidine rings is 1. The molecule has 2 heterocycles. The lowest BCUT2D eigenvalue weighted by Gasteiger charge is -2.32. The van der Waals surface area contributed by atoms with Crippen LogP contribution in [0.2, 0.25) is 0 Å². The fourth-order valence-electron chi connectivity index (χ4n) is 3.50. The Morgan fingerprint density at radius 3 is 2.46 bits per heavy atom. The van der Waals surface area contributed by atoms with Crippen molar-refractivity contribution >= 4 is 11.7 Å². The maximum Gasteiger partial charge on any atom is 0.416 e. The summed E-state index contributed by atoms with van der Waals surface area (Å²) in [4.78, 5) is 27.2. The third kappa shape index (κ3) is 4.10. The van der Waals surface area contributed by atoms with Gasteiger partial charge in [0.05, 0.1) is 11.3 Å². The standard InChI is InChI=1S/C20H22F3N3O2/c1-3-16-11-17(25(2)24-16)19(28)26-10-4-5-14(12-26)18(27)13-6-8-15(9-7-13)20(21,22)23/h6-9,11,14H,3-5,10,12H2,1-2H3/t14-/m0/s1. The number of carbonyl (C=O) groups excluding carboxylic acids is 2. The molecule has 1 atom stereocenters. The number of amides is 1. The van der Waals surface area contributed by atoms with Gasteiger partial charge in [-0.25, -0.2) is 0 Å². The topological polar surface area (TPSA) is 55.2 Å². The smallest absolute Gasteiger partial charge is 0.337 e. The molecular formula is C20H22F3N3O2. The quantitative estimate of drug-likeness (QED) is 0.744. The van der Waals surface area contributed by atoms with Crippen LogP contribution in [0.4, 0.5) is 13.2 Å². The molecule has 0 radical (unpaired) electrons. The fraction of sp³-hybridized carbons (Fsp3) is 0.450. The van der Waals surface area contributed by atoms with E-state index in [2.05, 4.69) is 5.10 Å². The first-order chi connectivity index (χ1) is 13.2. The lowest BCUT2D eigenvalue weighted by molar-refractivity contribution is -0.137. The molecule has 0 saturated carbocycles. The van der Waals surface area contributed by atoms with E-state index in [0.717, 1.165) is 24.2 Å². The maximum atomic E-state index is 12.8. The number of aryl methyl sites for hydroxylation is 2. The second-order valence-corrected chi connectivity index (χ2v) is 7.03. The second kappa shape index (κ2) is 7.77. The van der Waals surface area contributed by atoms with Crippen LogP contribution >= 0.6 is 0 Å². The largest absolute Gasteiger partial charge is 0.416 e. The van der Waals surface area contributed by atoms with Crippen molar-refractivity contribution in [2.45, 2.75) is 32.4 Å². The van der Waals surface area contributed by atoms with Crippen LogP contribution in [0.1, 0.15) is 51.9 Å². The Kier molecular flexibility index (Phi) is 5.58. The predicted molar refractivity (Wildman–Crippen MR) is 97.0 cm³/mol. The molecule has 150 valence electrons. The molecule has 1 saturated heterocycles. The lowest BCUT2D eigenvalue weighted by Crippen LogP contribution is -2.43. The highest BCUT2D eigenvalue weighted by atomic mass is 19.4. The van der Waals surface area contributed by atoms with E-state index in [1.165, 1.54) is 12.1 Å². The Balaban J connectivity index is 1.72. The van der Waals surface area contributed by atoms with Crippen molar-refractivity contribution in [2.75, 3.05) is 13.1 Å². The van der Waals surface area contributed by atoms with Crippen molar-refractivity contribution in [3.8, 4) is 0 Å². The number of rotatable bonds is 4. The maximum absolute atomic E-state index is 12.8. The van der Waals surface area contributed by atoms with Crippen molar-refractivity contribution in [1.29, 1.82) is 0 Å². The summed E-state index contributed by atoms with van der Waals surface area (Å²) in [5.74, 6) is -0.835. The van der Waals surface area contributed by atoms with E-state index in [4.69, 9.17) is 0 Å². The van der Waals surface area contributed by atoms with Gasteiger partial charge in [-0.05, 0) is 37.5 Å². The van der Waals surface area contributed by atoms with Crippen LogP contribution in [0, 0.1) is 5.92 Å². The van der Waals surface area contributed by atoms with Crippen molar-refractivity contribution in [3.63, 3.8) is 0 Å². The van der Waals surface area contributed by atoms with Crippen molar-refractivity contribution in [2.24, 2.45) is 13.0 Å². The van der Waals surface area contributed by atoms with Gasteiger partial charge in [-0.2, -0.15) is 18.3 Å². The molecule has 2 aromatic rings. The van der Waals surface area contributed by atoms with Gasteiger partial charge < -0.3 is 4.90 Å². The number of alkyl halides is 3. The van der Waals surface area contributed by atoms with Crippen LogP contribution < -0.4 is 0 Å². The SMILES string of the molecule is CCc1cc(C(=O)N2CCC[C@H](C(=O)c3ccc(C(F)(F)F)cc3)C2)n(C)n1. The zero-order valence-electron chi connectivity index (χ0n) is 15.8. The van der Waals surface area contributed by atoms with Crippen LogP contribution in [-0.2, 0) is 19.6 Å². The van der Waals surface area contributed by atoms with Gasteiger partial charge in [0.15, 0.2) is 5.78 Å². The summed E-state index contributed by atoms with van der Waals surface area (Å²) in [5.41, 5.74) is 0.744. The molecule has 5 nitrogen and oxygen atoms in total. The fourth-order valence-corrected chi connectivity index (χ4v) is 3.50. The Hall–Kier alpha value is -2.64. The summed E-state index contributed by atoms with van der Waals surface area (Å²) in [6.45, 7) is 2.75. The molecule has 0 aliphatic carbocycles. The normalized spacial score (nSPS) is 17.6. The Labute approximate surface area is 161 Å². The van der Waals surface area contributed by atoms with Gasteiger partial charge in [0.2, 0.25) is 0 Å². The summed E-state index contributed by atoms with van der Waals surface area (Å²) in [6, 6.07) is 6.01. The van der Waals surface area contributed by atoms with Crippen LogP contribution in [0.25, 0.3) is 0 Å². The minimum Gasteiger partial charge on any atom is -0.337 e. The molecule has 3 rings (SSSR count). The first-order valence-electron chi connectivity index (χ1n) is 9.24. The summed E-state index contributed by atoms with van der Waals surface area (Å²) in [5, 5.41) is 4.29. The minimum absolute atomic E-state index is 0.181. The van der Waals surface area contributed by atoms with Gasteiger partial charge >= 0.3 is 6.18 Å². The number of ketones is 1. The molecule has 0 unspecified atom stereocenters. The number of likely N-dealkylation sites (tertiary alicyclic amines) is 1. The number of aromatic nitrogens is 2. The molecule has 1 aliphatic heterocycles. The van der Waals surface area contributed by atoms with Gasteiger partial charge in [0, 0.05) is 31.6 Å². The number of hydrogen-bond donors (Lipinski definition) is 0. The molecule has 28 heavy (non-hydrogen) atoms. The molecule has 0 spiro atoms. The highest BCUT2D eigenvalue weighted by Gasteiger charge is 2.32. The first kappa shape index (κ1) is 20.1. The Morgan fingerprint density at radius 1 is 1.21 bits per heavy atom. The van der Waals surface area contributed by atoms with Gasteiger partial charge in [-0.15, -0.1) is 0 Å².